The molecule has 0 N–H and O–H groups in total. The molecule has 1 aromatic heterocycles. The van der Waals surface area contributed by atoms with E-state index in [1.807, 2.05) is 0 Å². The lowest BCUT2D eigenvalue weighted by atomic mass is 10.2. The Morgan fingerprint density at radius 2 is 1.85 bits per heavy atom. The van der Waals surface area contributed by atoms with E-state index in [0.717, 1.165) is 17.3 Å². The molecule has 146 valence electrons. The van der Waals surface area contributed by atoms with Gasteiger partial charge in [-0.15, -0.1) is 4.37 Å². The number of rotatable bonds is 6. The fourth-order valence-corrected chi connectivity index (χ4v) is 4.41. The first-order valence-electron chi connectivity index (χ1n) is 8.37. The molecule has 3 rings (SSSR count). The first kappa shape index (κ1) is 20.0. The van der Waals surface area contributed by atoms with E-state index in [4.69, 9.17) is 16.3 Å². The fraction of sp³-hybridized carbons (Fsp3) is 0.438. The standard InChI is InChI=1S/C16H19ClN4O4S2/c1-2-27(23,24)21-9-7-20(8-10-21)14(22)11-25-16-15(18-26-19-16)12-3-5-13(17)6-4-12/h3-6H,2,7-11H2,1H3. The molecule has 0 bridgehead atoms. The highest BCUT2D eigenvalue weighted by Gasteiger charge is 2.28. The molecule has 0 atom stereocenters. The van der Waals surface area contributed by atoms with Crippen molar-refractivity contribution in [2.45, 2.75) is 6.92 Å². The predicted molar refractivity (Wildman–Crippen MR) is 103 cm³/mol. The number of carbonyl (C=O) groups is 1. The number of nitrogens with zero attached hydrogens (tertiary/aromatic N) is 4. The molecule has 2 aromatic rings. The van der Waals surface area contributed by atoms with Crippen molar-refractivity contribution in [2.24, 2.45) is 0 Å². The summed E-state index contributed by atoms with van der Waals surface area (Å²) in [5.41, 5.74) is 1.36. The van der Waals surface area contributed by atoms with Crippen molar-refractivity contribution >= 4 is 39.3 Å². The van der Waals surface area contributed by atoms with Gasteiger partial charge >= 0.3 is 0 Å². The summed E-state index contributed by atoms with van der Waals surface area (Å²) < 4.78 is 39.1. The van der Waals surface area contributed by atoms with Crippen LogP contribution < -0.4 is 4.74 Å². The van der Waals surface area contributed by atoms with Gasteiger partial charge < -0.3 is 9.64 Å². The lowest BCUT2D eigenvalue weighted by Crippen LogP contribution is -2.51. The zero-order valence-corrected chi connectivity index (χ0v) is 17.1. The van der Waals surface area contributed by atoms with Gasteiger partial charge in [-0.3, -0.25) is 4.79 Å². The SMILES string of the molecule is CCS(=O)(=O)N1CCN(C(=O)COc2nsnc2-c2ccc(Cl)cc2)CC1. The Morgan fingerprint density at radius 3 is 2.48 bits per heavy atom. The molecule has 1 saturated heterocycles. The van der Waals surface area contributed by atoms with Crippen LogP contribution in [0, 0.1) is 0 Å². The monoisotopic (exact) mass is 430 g/mol. The third-order valence-corrected chi connectivity index (χ3v) is 6.90. The lowest BCUT2D eigenvalue weighted by Gasteiger charge is -2.33. The summed E-state index contributed by atoms with van der Waals surface area (Å²) in [7, 11) is -3.22. The van der Waals surface area contributed by atoms with Crippen LogP contribution in [-0.4, -0.2) is 70.8 Å². The van der Waals surface area contributed by atoms with Gasteiger partial charge in [-0.2, -0.15) is 8.68 Å². The molecule has 0 unspecified atom stereocenters. The number of carbonyl (C=O) groups excluding carboxylic acids is 1. The molecule has 8 nitrogen and oxygen atoms in total. The Balaban J connectivity index is 1.57. The van der Waals surface area contributed by atoms with Crippen LogP contribution in [0.4, 0.5) is 0 Å². The molecular formula is C16H19ClN4O4S2. The Hall–Kier alpha value is -1.75. The third kappa shape index (κ3) is 4.75. The van der Waals surface area contributed by atoms with Gasteiger partial charge in [0.15, 0.2) is 6.61 Å². The van der Waals surface area contributed by atoms with Crippen molar-refractivity contribution in [3.05, 3.63) is 29.3 Å². The number of piperazine rings is 1. The molecular weight excluding hydrogens is 412 g/mol. The van der Waals surface area contributed by atoms with Gasteiger partial charge in [-0.25, -0.2) is 8.42 Å². The maximum absolute atomic E-state index is 12.4. The molecule has 0 saturated carbocycles. The highest BCUT2D eigenvalue weighted by molar-refractivity contribution is 7.89. The fourth-order valence-electron chi connectivity index (χ4n) is 2.68. The molecule has 0 aliphatic carbocycles. The largest absolute Gasteiger partial charge is 0.465 e. The summed E-state index contributed by atoms with van der Waals surface area (Å²) in [6.45, 7) is 2.74. The summed E-state index contributed by atoms with van der Waals surface area (Å²) in [6.07, 6.45) is 0. The summed E-state index contributed by atoms with van der Waals surface area (Å²) >= 11 is 6.90. The number of hydrogen-bond acceptors (Lipinski definition) is 7. The van der Waals surface area contributed by atoms with Crippen LogP contribution in [0.3, 0.4) is 0 Å². The highest BCUT2D eigenvalue weighted by atomic mass is 35.5. The zero-order valence-electron chi connectivity index (χ0n) is 14.7. The number of aromatic nitrogens is 2. The second-order valence-corrected chi connectivity index (χ2v) is 9.12. The Labute approximate surface area is 167 Å². The van der Waals surface area contributed by atoms with Crippen LogP contribution in [0.25, 0.3) is 11.3 Å². The van der Waals surface area contributed by atoms with Crippen molar-refractivity contribution in [3.8, 4) is 17.1 Å². The molecule has 2 heterocycles. The zero-order chi connectivity index (χ0) is 19.4. The number of ether oxygens (including phenoxy) is 1. The van der Waals surface area contributed by atoms with E-state index in [0.29, 0.717) is 42.8 Å². The third-order valence-electron chi connectivity index (χ3n) is 4.26. The number of sulfonamides is 1. The molecule has 1 aromatic carbocycles. The minimum atomic E-state index is -3.22. The van der Waals surface area contributed by atoms with E-state index >= 15 is 0 Å². The van der Waals surface area contributed by atoms with Gasteiger partial charge in [0.25, 0.3) is 11.8 Å². The van der Waals surface area contributed by atoms with Gasteiger partial charge in [0, 0.05) is 36.8 Å². The second-order valence-electron chi connectivity index (χ2n) is 5.89. The van der Waals surface area contributed by atoms with Gasteiger partial charge in [-0.1, -0.05) is 23.7 Å². The van der Waals surface area contributed by atoms with Gasteiger partial charge in [0.1, 0.15) is 5.69 Å². The van der Waals surface area contributed by atoms with E-state index in [2.05, 4.69) is 8.75 Å². The van der Waals surface area contributed by atoms with E-state index in [1.165, 1.54) is 4.31 Å². The number of benzene rings is 1. The van der Waals surface area contributed by atoms with E-state index in [1.54, 1.807) is 36.1 Å². The van der Waals surface area contributed by atoms with Crippen LogP contribution in [-0.2, 0) is 14.8 Å². The van der Waals surface area contributed by atoms with E-state index in [9.17, 15) is 13.2 Å². The molecule has 27 heavy (non-hydrogen) atoms. The smallest absolute Gasteiger partial charge is 0.260 e. The quantitative estimate of drug-likeness (QED) is 0.692. The average Bonchev–Trinajstić information content (AvgIpc) is 3.15. The van der Waals surface area contributed by atoms with Crippen LogP contribution in [0.5, 0.6) is 5.88 Å². The van der Waals surface area contributed by atoms with Crippen molar-refractivity contribution in [2.75, 3.05) is 38.5 Å². The number of hydrogen-bond donors (Lipinski definition) is 0. The van der Waals surface area contributed by atoms with Gasteiger partial charge in [0.2, 0.25) is 10.0 Å². The van der Waals surface area contributed by atoms with Crippen LogP contribution in [0.15, 0.2) is 24.3 Å². The normalized spacial score (nSPS) is 15.7. The molecule has 1 amide bonds. The molecule has 1 fully saturated rings. The maximum atomic E-state index is 12.4. The van der Waals surface area contributed by atoms with Gasteiger partial charge in [0.05, 0.1) is 17.5 Å². The minimum absolute atomic E-state index is 0.0638. The minimum Gasteiger partial charge on any atom is -0.465 e. The van der Waals surface area contributed by atoms with Crippen LogP contribution >= 0.6 is 23.3 Å². The molecule has 11 heteroatoms. The Kier molecular flexibility index (Phi) is 6.30. The summed E-state index contributed by atoms with van der Waals surface area (Å²) in [4.78, 5) is 14.0. The maximum Gasteiger partial charge on any atom is 0.260 e. The summed E-state index contributed by atoms with van der Waals surface area (Å²) in [5.74, 6) is 0.149. The Bertz CT molecular complexity index is 893. The Morgan fingerprint density at radius 1 is 1.19 bits per heavy atom. The molecule has 0 spiro atoms. The number of halogens is 1. The van der Waals surface area contributed by atoms with Crippen molar-refractivity contribution < 1.29 is 17.9 Å². The summed E-state index contributed by atoms with van der Waals surface area (Å²) in [5, 5.41) is 0.615. The number of amides is 1. The van der Waals surface area contributed by atoms with Gasteiger partial charge in [-0.05, 0) is 19.1 Å². The first-order chi connectivity index (χ1) is 12.9. The second kappa shape index (κ2) is 8.51. The molecule has 1 aliphatic heterocycles. The molecule has 0 radical (unpaired) electrons. The predicted octanol–water partition coefficient (Wildman–Crippen LogP) is 1.73. The van der Waals surface area contributed by atoms with Crippen LogP contribution in [0.1, 0.15) is 6.92 Å². The highest BCUT2D eigenvalue weighted by Crippen LogP contribution is 2.28. The van der Waals surface area contributed by atoms with E-state index < -0.39 is 10.0 Å². The van der Waals surface area contributed by atoms with Crippen LogP contribution in [0.2, 0.25) is 5.02 Å². The first-order valence-corrected chi connectivity index (χ1v) is 11.1. The topological polar surface area (TPSA) is 92.7 Å². The average molecular weight is 431 g/mol. The molecule has 1 aliphatic rings. The lowest BCUT2D eigenvalue weighted by molar-refractivity contribution is -0.134. The van der Waals surface area contributed by atoms with Crippen molar-refractivity contribution in [3.63, 3.8) is 0 Å². The van der Waals surface area contributed by atoms with Crippen molar-refractivity contribution in [1.82, 2.24) is 18.0 Å². The summed E-state index contributed by atoms with van der Waals surface area (Å²) in [6, 6.07) is 7.10. The van der Waals surface area contributed by atoms with Crippen molar-refractivity contribution in [1.29, 1.82) is 0 Å². The van der Waals surface area contributed by atoms with E-state index in [-0.39, 0.29) is 18.3 Å².